The summed E-state index contributed by atoms with van der Waals surface area (Å²) in [5.41, 5.74) is 2.41. The maximum atomic E-state index is 13.6. The lowest BCUT2D eigenvalue weighted by molar-refractivity contribution is -0.172. The number of fused-ring (bicyclic) bond motifs is 5. The quantitative estimate of drug-likeness (QED) is 0.652. The third kappa shape index (κ3) is 2.56. The lowest BCUT2D eigenvalue weighted by atomic mass is 9.86. The zero-order valence-electron chi connectivity index (χ0n) is 17.8. The Morgan fingerprint density at radius 1 is 1.26 bits per heavy atom. The molecule has 1 aromatic carbocycles. The van der Waals surface area contributed by atoms with Crippen LogP contribution in [0.2, 0.25) is 0 Å². The number of aryl methyl sites for hydroxylation is 1. The van der Waals surface area contributed by atoms with Crippen molar-refractivity contribution in [3.05, 3.63) is 62.9 Å². The Labute approximate surface area is 179 Å². The van der Waals surface area contributed by atoms with Gasteiger partial charge in [-0.2, -0.15) is 0 Å². The van der Waals surface area contributed by atoms with Crippen LogP contribution in [0.15, 0.2) is 35.1 Å². The van der Waals surface area contributed by atoms with E-state index in [-0.39, 0.29) is 24.2 Å². The lowest BCUT2D eigenvalue weighted by Gasteiger charge is -2.32. The summed E-state index contributed by atoms with van der Waals surface area (Å²) < 4.78 is 12.8. The van der Waals surface area contributed by atoms with Gasteiger partial charge in [-0.25, -0.2) is 9.78 Å². The zero-order chi connectivity index (χ0) is 21.9. The Kier molecular flexibility index (Phi) is 4.50. The maximum absolute atomic E-state index is 13.6. The Balaban J connectivity index is 1.89. The van der Waals surface area contributed by atoms with Gasteiger partial charge < -0.3 is 14.6 Å². The third-order valence-electron chi connectivity index (χ3n) is 6.43. The minimum absolute atomic E-state index is 0.106. The number of carbonyl (C=O) groups is 1. The molecule has 3 aromatic rings. The van der Waals surface area contributed by atoms with Crippen LogP contribution in [-0.2, 0) is 32.9 Å². The molecule has 2 aromatic heterocycles. The molecular weight excluding hydrogens is 396 g/mol. The predicted octanol–water partition coefficient (Wildman–Crippen LogP) is 3.18. The molecule has 0 radical (unpaired) electrons. The molecule has 7 nitrogen and oxygen atoms in total. The summed E-state index contributed by atoms with van der Waals surface area (Å²) in [7, 11) is 0. The predicted molar refractivity (Wildman–Crippen MR) is 115 cm³/mol. The molecule has 160 valence electrons. The molecule has 5 rings (SSSR count). The van der Waals surface area contributed by atoms with Crippen LogP contribution in [0.4, 0.5) is 0 Å². The summed E-state index contributed by atoms with van der Waals surface area (Å²) in [5, 5.41) is 12.1. The molecule has 1 N–H and O–H groups in total. The number of rotatable bonds is 4. The topological polar surface area (TPSA) is 90.6 Å². The number of ether oxygens (including phenoxy) is 2. The second-order valence-electron chi connectivity index (χ2n) is 7.92. The first kappa shape index (κ1) is 19.9. The molecule has 0 aliphatic carbocycles. The third-order valence-corrected chi connectivity index (χ3v) is 6.43. The van der Waals surface area contributed by atoms with Crippen molar-refractivity contribution in [2.24, 2.45) is 0 Å². The van der Waals surface area contributed by atoms with Gasteiger partial charge in [-0.05, 0) is 37.5 Å². The van der Waals surface area contributed by atoms with Gasteiger partial charge in [0, 0.05) is 23.1 Å². The van der Waals surface area contributed by atoms with Crippen LogP contribution in [0.25, 0.3) is 22.3 Å². The minimum atomic E-state index is -1.85. The van der Waals surface area contributed by atoms with Crippen molar-refractivity contribution in [2.45, 2.75) is 52.0 Å². The highest BCUT2D eigenvalue weighted by atomic mass is 16.6. The van der Waals surface area contributed by atoms with E-state index in [4.69, 9.17) is 14.5 Å². The summed E-state index contributed by atoms with van der Waals surface area (Å²) in [6, 6.07) is 9.61. The number of hydrogen-bond acceptors (Lipinski definition) is 6. The highest BCUT2D eigenvalue weighted by Gasteiger charge is 2.46. The zero-order valence-corrected chi connectivity index (χ0v) is 17.8. The van der Waals surface area contributed by atoms with E-state index in [1.54, 1.807) is 17.6 Å². The van der Waals surface area contributed by atoms with Gasteiger partial charge >= 0.3 is 5.97 Å². The first-order valence-electron chi connectivity index (χ1n) is 10.7. The van der Waals surface area contributed by atoms with E-state index in [0.29, 0.717) is 23.6 Å². The van der Waals surface area contributed by atoms with Gasteiger partial charge in [0.15, 0.2) is 11.8 Å². The second kappa shape index (κ2) is 7.00. The molecule has 0 saturated carbocycles. The highest BCUT2D eigenvalue weighted by Crippen LogP contribution is 2.45. The molecule has 0 bridgehead atoms. The fourth-order valence-electron chi connectivity index (χ4n) is 4.87. The van der Waals surface area contributed by atoms with Gasteiger partial charge in [-0.15, -0.1) is 0 Å². The number of benzene rings is 1. The van der Waals surface area contributed by atoms with E-state index in [1.165, 1.54) is 0 Å². The smallest absolute Gasteiger partial charge is 0.343 e. The molecular formula is C24H24N2O5. The fraction of sp³-hybridized carbons (Fsp3) is 0.375. The molecule has 7 heteroatoms. The Morgan fingerprint density at radius 3 is 2.74 bits per heavy atom. The van der Waals surface area contributed by atoms with Crippen LogP contribution in [-0.4, -0.2) is 27.2 Å². The van der Waals surface area contributed by atoms with Crippen molar-refractivity contribution in [2.75, 3.05) is 6.61 Å². The van der Waals surface area contributed by atoms with E-state index in [1.807, 2.05) is 31.2 Å². The Bertz CT molecular complexity index is 1300. The number of carbonyl (C=O) groups excluding carboxylic acids is 1. The number of cyclic esters (lactones) is 1. The second-order valence-corrected chi connectivity index (χ2v) is 7.92. The van der Waals surface area contributed by atoms with Gasteiger partial charge in [0.25, 0.3) is 5.56 Å². The van der Waals surface area contributed by atoms with E-state index in [2.05, 4.69) is 6.92 Å². The van der Waals surface area contributed by atoms with Crippen molar-refractivity contribution in [3.63, 3.8) is 0 Å². The number of aromatic nitrogens is 2. The van der Waals surface area contributed by atoms with Crippen molar-refractivity contribution in [1.82, 2.24) is 9.55 Å². The number of aliphatic hydroxyl groups is 1. The lowest BCUT2D eigenvalue weighted by Crippen LogP contribution is -2.44. The van der Waals surface area contributed by atoms with Gasteiger partial charge in [-0.1, -0.05) is 32.0 Å². The van der Waals surface area contributed by atoms with Crippen LogP contribution in [0.5, 0.6) is 0 Å². The van der Waals surface area contributed by atoms with Gasteiger partial charge in [0.05, 0.1) is 22.5 Å². The summed E-state index contributed by atoms with van der Waals surface area (Å²) >= 11 is 0. The SMILES string of the molecule is CCOC1c2c(nc3ccccc3c2CC)-c2cc3c(c(=O)n21)COC(=O)[C@]3(O)CC. The first-order chi connectivity index (χ1) is 15.0. The van der Waals surface area contributed by atoms with Crippen molar-refractivity contribution in [3.8, 4) is 11.4 Å². The average molecular weight is 420 g/mol. The average Bonchev–Trinajstić information content (AvgIpc) is 3.09. The van der Waals surface area contributed by atoms with E-state index in [9.17, 15) is 14.7 Å². The van der Waals surface area contributed by atoms with Crippen LogP contribution in [0.1, 0.15) is 55.7 Å². The molecule has 2 aliphatic heterocycles. The largest absolute Gasteiger partial charge is 0.458 e. The highest BCUT2D eigenvalue weighted by molar-refractivity contribution is 5.89. The number of nitrogens with zero attached hydrogens (tertiary/aromatic N) is 2. The van der Waals surface area contributed by atoms with Crippen molar-refractivity contribution >= 4 is 16.9 Å². The Hall–Kier alpha value is -3.03. The molecule has 4 heterocycles. The van der Waals surface area contributed by atoms with Crippen molar-refractivity contribution in [1.29, 1.82) is 0 Å². The van der Waals surface area contributed by atoms with Crippen LogP contribution in [0.3, 0.4) is 0 Å². The molecule has 31 heavy (non-hydrogen) atoms. The van der Waals surface area contributed by atoms with Gasteiger partial charge in [-0.3, -0.25) is 9.36 Å². The standard InChI is InChI=1S/C24H24N2O5/c1-4-13-14-9-7-8-10-17(14)25-20-18-11-16-15(12-31-23(28)24(16,29)5-2)21(27)26(18)22(19(13)20)30-6-3/h7-11,22,29H,4-6,12H2,1-3H3/t22?,24-/m0/s1. The first-order valence-corrected chi connectivity index (χ1v) is 10.7. The summed E-state index contributed by atoms with van der Waals surface area (Å²) in [6.07, 6.45) is 0.236. The monoisotopic (exact) mass is 420 g/mol. The fourth-order valence-corrected chi connectivity index (χ4v) is 4.87. The van der Waals surface area contributed by atoms with E-state index >= 15 is 0 Å². The number of hydrogen-bond donors (Lipinski definition) is 1. The molecule has 0 fully saturated rings. The number of para-hydroxylation sites is 1. The van der Waals surface area contributed by atoms with E-state index in [0.717, 1.165) is 28.5 Å². The Morgan fingerprint density at radius 2 is 2.03 bits per heavy atom. The van der Waals surface area contributed by atoms with Gasteiger partial charge in [0.2, 0.25) is 0 Å². The number of esters is 1. The van der Waals surface area contributed by atoms with Crippen LogP contribution >= 0.6 is 0 Å². The molecule has 2 atom stereocenters. The summed E-state index contributed by atoms with van der Waals surface area (Å²) in [6.45, 7) is 5.90. The molecule has 0 saturated heterocycles. The molecule has 2 aliphatic rings. The van der Waals surface area contributed by atoms with Crippen LogP contribution in [0, 0.1) is 0 Å². The maximum Gasteiger partial charge on any atom is 0.343 e. The van der Waals surface area contributed by atoms with Crippen LogP contribution < -0.4 is 5.56 Å². The normalized spacial score (nSPS) is 21.5. The molecule has 1 unspecified atom stereocenters. The summed E-state index contributed by atoms with van der Waals surface area (Å²) in [4.78, 5) is 30.9. The summed E-state index contributed by atoms with van der Waals surface area (Å²) in [5.74, 6) is -0.729. The van der Waals surface area contributed by atoms with E-state index < -0.39 is 17.8 Å². The number of pyridine rings is 2. The minimum Gasteiger partial charge on any atom is -0.458 e. The van der Waals surface area contributed by atoms with Gasteiger partial charge in [0.1, 0.15) is 6.61 Å². The molecule has 0 spiro atoms. The van der Waals surface area contributed by atoms with Crippen molar-refractivity contribution < 1.29 is 19.4 Å². The molecule has 0 amide bonds.